The van der Waals surface area contributed by atoms with Crippen molar-refractivity contribution in [2.45, 2.75) is 18.9 Å². The van der Waals surface area contributed by atoms with Crippen LogP contribution in [-0.2, 0) is 14.4 Å². The third-order valence-electron chi connectivity index (χ3n) is 6.34. The normalized spacial score (nSPS) is 17.8. The Labute approximate surface area is 188 Å². The first kappa shape index (κ1) is 22.2. The summed E-state index contributed by atoms with van der Waals surface area (Å²) in [6.45, 7) is 3.71. The molecule has 168 valence electrons. The fourth-order valence-electron chi connectivity index (χ4n) is 4.56. The van der Waals surface area contributed by atoms with Gasteiger partial charge in [-0.1, -0.05) is 60.7 Å². The Morgan fingerprint density at radius 2 is 1.34 bits per heavy atom. The topological polar surface area (TPSA) is 81.8 Å². The minimum atomic E-state index is -0.815. The van der Waals surface area contributed by atoms with Crippen molar-refractivity contribution in [3.05, 3.63) is 71.8 Å². The van der Waals surface area contributed by atoms with E-state index < -0.39 is 11.8 Å². The highest BCUT2D eigenvalue weighted by atomic mass is 16.2. The van der Waals surface area contributed by atoms with E-state index >= 15 is 0 Å². The van der Waals surface area contributed by atoms with Crippen molar-refractivity contribution in [3.63, 3.8) is 0 Å². The highest BCUT2D eigenvalue weighted by molar-refractivity contribution is 6.37. The lowest BCUT2D eigenvalue weighted by atomic mass is 9.96. The molecule has 0 unspecified atom stereocenters. The fourth-order valence-corrected chi connectivity index (χ4v) is 4.56. The van der Waals surface area contributed by atoms with Gasteiger partial charge in [-0.15, -0.1) is 0 Å². The van der Waals surface area contributed by atoms with E-state index in [0.717, 1.165) is 13.1 Å². The molecule has 0 bridgehead atoms. The predicted molar refractivity (Wildman–Crippen MR) is 122 cm³/mol. The average Bonchev–Trinajstić information content (AvgIpc) is 2.86. The van der Waals surface area contributed by atoms with Gasteiger partial charge >= 0.3 is 11.8 Å². The van der Waals surface area contributed by atoms with Gasteiger partial charge in [0, 0.05) is 32.1 Å². The second-order valence-corrected chi connectivity index (χ2v) is 8.39. The molecule has 0 aliphatic carbocycles. The number of piperazine rings is 1. The van der Waals surface area contributed by atoms with Crippen LogP contribution < -0.4 is 10.6 Å². The minimum absolute atomic E-state index is 0.0879. The van der Waals surface area contributed by atoms with E-state index in [1.807, 2.05) is 36.4 Å². The van der Waals surface area contributed by atoms with Gasteiger partial charge in [0.25, 0.3) is 0 Å². The van der Waals surface area contributed by atoms with E-state index in [0.29, 0.717) is 39.0 Å². The first-order chi connectivity index (χ1) is 15.6. The molecule has 2 aromatic rings. The van der Waals surface area contributed by atoms with E-state index in [1.165, 1.54) is 11.1 Å². The lowest BCUT2D eigenvalue weighted by molar-refractivity contribution is -0.149. The molecule has 2 saturated heterocycles. The van der Waals surface area contributed by atoms with Crippen LogP contribution >= 0.6 is 0 Å². The van der Waals surface area contributed by atoms with Crippen LogP contribution in [0.1, 0.15) is 30.0 Å². The van der Waals surface area contributed by atoms with Gasteiger partial charge in [-0.05, 0) is 37.1 Å². The molecule has 0 saturated carbocycles. The molecule has 2 fully saturated rings. The molecular formula is C25H30N4O3. The van der Waals surface area contributed by atoms with Crippen LogP contribution in [-0.4, -0.2) is 66.8 Å². The summed E-state index contributed by atoms with van der Waals surface area (Å²) in [5.74, 6) is -1.98. The van der Waals surface area contributed by atoms with Crippen LogP contribution in [0.2, 0.25) is 0 Å². The van der Waals surface area contributed by atoms with Crippen molar-refractivity contribution < 1.29 is 14.4 Å². The molecule has 0 atom stereocenters. The Bertz CT molecular complexity index is 881. The Hall–Kier alpha value is -3.03. The van der Waals surface area contributed by atoms with Gasteiger partial charge in [0.05, 0.1) is 6.04 Å². The van der Waals surface area contributed by atoms with Crippen LogP contribution in [0.3, 0.4) is 0 Å². The first-order valence-electron chi connectivity index (χ1n) is 11.3. The Kier molecular flexibility index (Phi) is 7.29. The summed E-state index contributed by atoms with van der Waals surface area (Å²) in [5.41, 5.74) is 2.40. The highest BCUT2D eigenvalue weighted by Crippen LogP contribution is 2.29. The van der Waals surface area contributed by atoms with Crippen LogP contribution in [0.25, 0.3) is 0 Å². The van der Waals surface area contributed by atoms with Crippen molar-refractivity contribution in [2.75, 3.05) is 39.3 Å². The minimum Gasteiger partial charge on any atom is -0.332 e. The van der Waals surface area contributed by atoms with Gasteiger partial charge in [-0.3, -0.25) is 24.6 Å². The lowest BCUT2D eigenvalue weighted by Crippen LogP contribution is -2.54. The van der Waals surface area contributed by atoms with Crippen molar-refractivity contribution in [1.82, 2.24) is 20.4 Å². The standard InChI is InChI=1S/C25H30N4O3/c30-23(21-11-13-26-14-12-21)27-24(31)25(32)29-17-15-28(16-18-29)22(19-7-3-1-4-8-19)20-9-5-2-6-10-20/h1-10,21-22,26H,11-18H2,(H,27,30,31). The number of carbonyl (C=O) groups excluding carboxylic acids is 3. The van der Waals surface area contributed by atoms with Gasteiger partial charge in [0.15, 0.2) is 0 Å². The van der Waals surface area contributed by atoms with Gasteiger partial charge in [-0.25, -0.2) is 0 Å². The zero-order valence-electron chi connectivity index (χ0n) is 18.2. The number of nitrogens with zero attached hydrogens (tertiary/aromatic N) is 2. The van der Waals surface area contributed by atoms with Crippen molar-refractivity contribution >= 4 is 17.7 Å². The van der Waals surface area contributed by atoms with E-state index in [9.17, 15) is 14.4 Å². The maximum atomic E-state index is 12.7. The summed E-state index contributed by atoms with van der Waals surface area (Å²) in [5, 5.41) is 5.51. The molecule has 0 spiro atoms. The second kappa shape index (κ2) is 10.5. The molecule has 2 heterocycles. The second-order valence-electron chi connectivity index (χ2n) is 8.39. The van der Waals surface area contributed by atoms with Crippen molar-refractivity contribution in [1.29, 1.82) is 0 Å². The average molecular weight is 435 g/mol. The van der Waals surface area contributed by atoms with E-state index in [1.54, 1.807) is 4.90 Å². The van der Waals surface area contributed by atoms with Crippen LogP contribution in [0.4, 0.5) is 0 Å². The fraction of sp³-hybridized carbons (Fsp3) is 0.400. The third kappa shape index (κ3) is 5.23. The predicted octanol–water partition coefficient (Wildman–Crippen LogP) is 1.56. The van der Waals surface area contributed by atoms with Gasteiger partial charge in [-0.2, -0.15) is 0 Å². The molecule has 32 heavy (non-hydrogen) atoms. The number of amides is 3. The maximum absolute atomic E-state index is 12.7. The zero-order chi connectivity index (χ0) is 22.3. The lowest BCUT2D eigenvalue weighted by Gasteiger charge is -2.39. The SMILES string of the molecule is O=C(NC(=O)C1CCNCC1)C(=O)N1CCN(C(c2ccccc2)c2ccccc2)CC1. The van der Waals surface area contributed by atoms with E-state index in [-0.39, 0.29) is 17.9 Å². The number of carbonyl (C=O) groups is 3. The first-order valence-corrected chi connectivity index (χ1v) is 11.3. The molecule has 2 aromatic carbocycles. The summed E-state index contributed by atoms with van der Waals surface area (Å²) < 4.78 is 0. The van der Waals surface area contributed by atoms with Crippen molar-refractivity contribution in [2.24, 2.45) is 5.92 Å². The number of imide groups is 1. The molecule has 2 aliphatic rings. The van der Waals surface area contributed by atoms with E-state index in [4.69, 9.17) is 0 Å². The summed E-state index contributed by atoms with van der Waals surface area (Å²) in [4.78, 5) is 41.3. The van der Waals surface area contributed by atoms with Gasteiger partial charge < -0.3 is 10.2 Å². The summed E-state index contributed by atoms with van der Waals surface area (Å²) in [7, 11) is 0. The number of nitrogens with one attached hydrogen (secondary N) is 2. The summed E-state index contributed by atoms with van der Waals surface area (Å²) in [6, 6.07) is 20.7. The molecule has 2 N–H and O–H groups in total. The molecule has 4 rings (SSSR count). The Morgan fingerprint density at radius 1 is 0.812 bits per heavy atom. The third-order valence-corrected chi connectivity index (χ3v) is 6.34. The van der Waals surface area contributed by atoms with Crippen LogP contribution in [0.15, 0.2) is 60.7 Å². The summed E-state index contributed by atoms with van der Waals surface area (Å²) in [6.07, 6.45) is 1.37. The number of hydrogen-bond acceptors (Lipinski definition) is 5. The maximum Gasteiger partial charge on any atom is 0.316 e. The monoisotopic (exact) mass is 434 g/mol. The molecule has 0 radical (unpaired) electrons. The van der Waals surface area contributed by atoms with E-state index in [2.05, 4.69) is 39.8 Å². The number of piperidine rings is 1. The van der Waals surface area contributed by atoms with Crippen LogP contribution in [0.5, 0.6) is 0 Å². The summed E-state index contributed by atoms with van der Waals surface area (Å²) >= 11 is 0. The number of rotatable bonds is 4. The smallest absolute Gasteiger partial charge is 0.316 e. The van der Waals surface area contributed by atoms with Crippen molar-refractivity contribution in [3.8, 4) is 0 Å². The Balaban J connectivity index is 1.37. The van der Waals surface area contributed by atoms with Crippen LogP contribution in [0, 0.1) is 5.92 Å². The molecule has 7 nitrogen and oxygen atoms in total. The quantitative estimate of drug-likeness (QED) is 0.714. The molecule has 2 aliphatic heterocycles. The highest BCUT2D eigenvalue weighted by Gasteiger charge is 2.32. The van der Waals surface area contributed by atoms with Gasteiger partial charge in [0.2, 0.25) is 5.91 Å². The molecule has 7 heteroatoms. The molecule has 3 amide bonds. The zero-order valence-corrected chi connectivity index (χ0v) is 18.2. The van der Waals surface area contributed by atoms with Gasteiger partial charge in [0.1, 0.15) is 0 Å². The Morgan fingerprint density at radius 3 is 1.88 bits per heavy atom. The number of hydrogen-bond donors (Lipinski definition) is 2. The molecular weight excluding hydrogens is 404 g/mol. The largest absolute Gasteiger partial charge is 0.332 e. The molecule has 0 aromatic heterocycles. The number of benzene rings is 2.